The fourth-order valence-corrected chi connectivity index (χ4v) is 5.28. The van der Waals surface area contributed by atoms with Crippen LogP contribution in [0.25, 0.3) is 0 Å². The number of rotatable bonds is 7. The van der Waals surface area contributed by atoms with Crippen LogP contribution in [0.2, 0.25) is 0 Å². The van der Waals surface area contributed by atoms with Gasteiger partial charge in [0.1, 0.15) is 0 Å². The molecule has 1 amide bonds. The maximum atomic E-state index is 12.5. The van der Waals surface area contributed by atoms with Crippen LogP contribution in [0.5, 0.6) is 0 Å². The highest BCUT2D eigenvalue weighted by Gasteiger charge is 2.37. The second-order valence-electron chi connectivity index (χ2n) is 8.49. The molecule has 1 saturated carbocycles. The summed E-state index contributed by atoms with van der Waals surface area (Å²) in [6.45, 7) is 7.82. The van der Waals surface area contributed by atoms with Crippen molar-refractivity contribution in [1.29, 1.82) is 0 Å². The molecule has 1 aromatic heterocycles. The van der Waals surface area contributed by atoms with Gasteiger partial charge in [0.25, 0.3) is 0 Å². The molecule has 2 heterocycles. The molecule has 3 rings (SSSR count). The standard InChI is InChI=1S/C21H34N4OS.HI/c1-16(2)13-21(8-4-9-21)15-24-20(22-3)23-10-5-19(26)25-11-6-18-17(14-25)7-12-27-18;/h7,12,16H,4-6,8-11,13-15H2,1-3H3,(H2,22,23,24);1H. The molecule has 158 valence electrons. The number of hydrogen-bond donors (Lipinski definition) is 2. The van der Waals surface area contributed by atoms with Crippen molar-refractivity contribution < 1.29 is 4.79 Å². The fraction of sp³-hybridized carbons (Fsp3) is 0.714. The Morgan fingerprint density at radius 2 is 2.14 bits per heavy atom. The van der Waals surface area contributed by atoms with E-state index in [0.717, 1.165) is 37.9 Å². The molecule has 1 aliphatic heterocycles. The van der Waals surface area contributed by atoms with E-state index in [4.69, 9.17) is 0 Å². The number of nitrogens with zero attached hydrogens (tertiary/aromatic N) is 2. The maximum absolute atomic E-state index is 12.5. The average Bonchev–Trinajstić information content (AvgIpc) is 3.09. The van der Waals surface area contributed by atoms with Gasteiger partial charge in [0.15, 0.2) is 5.96 Å². The molecule has 28 heavy (non-hydrogen) atoms. The minimum atomic E-state index is 0. The summed E-state index contributed by atoms with van der Waals surface area (Å²) in [7, 11) is 1.80. The van der Waals surface area contributed by atoms with Gasteiger partial charge in [-0.15, -0.1) is 35.3 Å². The number of fused-ring (bicyclic) bond motifs is 1. The smallest absolute Gasteiger partial charge is 0.224 e. The molecule has 0 unspecified atom stereocenters. The number of thiophene rings is 1. The van der Waals surface area contributed by atoms with Crippen LogP contribution in [0, 0.1) is 11.3 Å². The highest BCUT2D eigenvalue weighted by atomic mass is 127. The van der Waals surface area contributed by atoms with Gasteiger partial charge in [-0.25, -0.2) is 0 Å². The third-order valence-corrected chi connectivity index (χ3v) is 6.92. The first kappa shape index (κ1) is 23.4. The van der Waals surface area contributed by atoms with E-state index in [1.54, 1.807) is 18.4 Å². The van der Waals surface area contributed by atoms with Crippen LogP contribution in [0.15, 0.2) is 16.4 Å². The fourth-order valence-electron chi connectivity index (χ4n) is 4.40. The zero-order valence-corrected chi connectivity index (χ0v) is 20.6. The summed E-state index contributed by atoms with van der Waals surface area (Å²) in [5, 5.41) is 8.95. The number of aliphatic imine (C=N–C) groups is 1. The Hall–Kier alpha value is -0.830. The van der Waals surface area contributed by atoms with E-state index in [9.17, 15) is 4.79 Å². The molecule has 5 nitrogen and oxygen atoms in total. The Kier molecular flexibility index (Phi) is 9.05. The lowest BCUT2D eigenvalue weighted by Crippen LogP contribution is -2.47. The van der Waals surface area contributed by atoms with E-state index in [0.29, 0.717) is 18.4 Å². The van der Waals surface area contributed by atoms with Gasteiger partial charge in [-0.05, 0) is 54.0 Å². The van der Waals surface area contributed by atoms with Crippen molar-refractivity contribution in [2.45, 2.75) is 58.9 Å². The minimum Gasteiger partial charge on any atom is -0.356 e. The third kappa shape index (κ3) is 6.08. The first-order valence-corrected chi connectivity index (χ1v) is 11.2. The van der Waals surface area contributed by atoms with Crippen LogP contribution >= 0.6 is 35.3 Å². The van der Waals surface area contributed by atoms with Crippen molar-refractivity contribution in [2.75, 3.05) is 26.7 Å². The van der Waals surface area contributed by atoms with Crippen LogP contribution in [-0.2, 0) is 17.8 Å². The quantitative estimate of drug-likeness (QED) is 0.326. The van der Waals surface area contributed by atoms with Crippen molar-refractivity contribution in [3.05, 3.63) is 21.9 Å². The van der Waals surface area contributed by atoms with E-state index in [2.05, 4.69) is 40.9 Å². The van der Waals surface area contributed by atoms with Gasteiger partial charge < -0.3 is 15.5 Å². The molecule has 7 heteroatoms. The molecule has 0 atom stereocenters. The van der Waals surface area contributed by atoms with E-state index >= 15 is 0 Å². The van der Waals surface area contributed by atoms with Gasteiger partial charge in [0, 0.05) is 44.5 Å². The number of amides is 1. The van der Waals surface area contributed by atoms with E-state index in [1.165, 1.54) is 36.1 Å². The molecule has 0 saturated heterocycles. The Morgan fingerprint density at radius 1 is 1.36 bits per heavy atom. The molecular formula is C21H35IN4OS. The van der Waals surface area contributed by atoms with Crippen LogP contribution in [0.4, 0.5) is 0 Å². The predicted molar refractivity (Wildman–Crippen MR) is 129 cm³/mol. The van der Waals surface area contributed by atoms with Crippen molar-refractivity contribution in [3.63, 3.8) is 0 Å². The zero-order valence-electron chi connectivity index (χ0n) is 17.4. The molecule has 0 spiro atoms. The third-order valence-electron chi connectivity index (χ3n) is 5.90. The van der Waals surface area contributed by atoms with Crippen molar-refractivity contribution >= 4 is 47.2 Å². The normalized spacial score (nSPS) is 18.1. The average molecular weight is 519 g/mol. The topological polar surface area (TPSA) is 56.7 Å². The number of carbonyl (C=O) groups excluding carboxylic acids is 1. The number of carbonyl (C=O) groups is 1. The largest absolute Gasteiger partial charge is 0.356 e. The SMILES string of the molecule is CN=C(NCCC(=O)N1CCc2sccc2C1)NCC1(CC(C)C)CCC1.I. The van der Waals surface area contributed by atoms with Crippen molar-refractivity contribution in [3.8, 4) is 0 Å². The molecule has 0 bridgehead atoms. The molecular weight excluding hydrogens is 483 g/mol. The van der Waals surface area contributed by atoms with Gasteiger partial charge in [0.05, 0.1) is 0 Å². The number of guanidine groups is 1. The molecule has 1 aliphatic carbocycles. The lowest BCUT2D eigenvalue weighted by atomic mass is 9.64. The van der Waals surface area contributed by atoms with Crippen molar-refractivity contribution in [1.82, 2.24) is 15.5 Å². The molecule has 1 fully saturated rings. The van der Waals surface area contributed by atoms with Gasteiger partial charge in [-0.3, -0.25) is 9.79 Å². The number of nitrogens with one attached hydrogen (secondary N) is 2. The first-order chi connectivity index (χ1) is 13.0. The first-order valence-electron chi connectivity index (χ1n) is 10.3. The lowest BCUT2D eigenvalue weighted by molar-refractivity contribution is -0.131. The molecule has 2 N–H and O–H groups in total. The summed E-state index contributed by atoms with van der Waals surface area (Å²) in [6, 6.07) is 2.15. The highest BCUT2D eigenvalue weighted by molar-refractivity contribution is 14.0. The summed E-state index contributed by atoms with van der Waals surface area (Å²) >= 11 is 1.81. The van der Waals surface area contributed by atoms with Crippen LogP contribution < -0.4 is 10.6 Å². The lowest BCUT2D eigenvalue weighted by Gasteiger charge is -2.43. The number of hydrogen-bond acceptors (Lipinski definition) is 3. The summed E-state index contributed by atoms with van der Waals surface area (Å²) in [4.78, 5) is 20.3. The summed E-state index contributed by atoms with van der Waals surface area (Å²) in [5.74, 6) is 1.77. The van der Waals surface area contributed by atoms with Gasteiger partial charge >= 0.3 is 0 Å². The van der Waals surface area contributed by atoms with Crippen LogP contribution in [0.1, 0.15) is 56.4 Å². The summed E-state index contributed by atoms with van der Waals surface area (Å²) in [5.41, 5.74) is 1.76. The van der Waals surface area contributed by atoms with Gasteiger partial charge in [-0.2, -0.15) is 0 Å². The Bertz CT molecular complexity index is 669. The highest BCUT2D eigenvalue weighted by Crippen LogP contribution is 2.45. The van der Waals surface area contributed by atoms with Gasteiger partial charge in [0.2, 0.25) is 5.91 Å². The minimum absolute atomic E-state index is 0. The van der Waals surface area contributed by atoms with E-state index < -0.39 is 0 Å². The van der Waals surface area contributed by atoms with Gasteiger partial charge in [-0.1, -0.05) is 20.3 Å². The Labute approximate surface area is 190 Å². The van der Waals surface area contributed by atoms with Crippen LogP contribution in [0.3, 0.4) is 0 Å². The molecule has 2 aliphatic rings. The van der Waals surface area contributed by atoms with Crippen molar-refractivity contribution in [2.24, 2.45) is 16.3 Å². The second-order valence-corrected chi connectivity index (χ2v) is 9.49. The Morgan fingerprint density at radius 3 is 2.79 bits per heavy atom. The Balaban J connectivity index is 0.00000280. The number of halogens is 1. The van der Waals surface area contributed by atoms with E-state index in [-0.39, 0.29) is 29.9 Å². The summed E-state index contributed by atoms with van der Waals surface area (Å²) in [6.07, 6.45) is 6.75. The second kappa shape index (κ2) is 10.8. The zero-order chi connectivity index (χ0) is 19.3. The molecule has 1 aromatic rings. The maximum Gasteiger partial charge on any atom is 0.224 e. The molecule has 0 radical (unpaired) electrons. The van der Waals surface area contributed by atoms with E-state index in [1.807, 2.05) is 4.90 Å². The predicted octanol–water partition coefficient (Wildman–Crippen LogP) is 4.02. The van der Waals surface area contributed by atoms with Crippen LogP contribution in [-0.4, -0.2) is 43.4 Å². The monoisotopic (exact) mass is 518 g/mol. The summed E-state index contributed by atoms with van der Waals surface area (Å²) < 4.78 is 0. The molecule has 0 aromatic carbocycles.